The second-order valence-electron chi connectivity index (χ2n) is 7.22. The molecule has 2 heterocycles. The Hall–Kier alpha value is -1.48. The molecule has 7 nitrogen and oxygen atoms in total. The van der Waals surface area contributed by atoms with E-state index >= 15 is 0 Å². The third kappa shape index (κ3) is 5.07. The molecule has 0 radical (unpaired) electrons. The highest BCUT2D eigenvalue weighted by atomic mass is 32.2. The minimum absolute atomic E-state index is 0.0578. The number of hydrogen-bond acceptors (Lipinski definition) is 5. The van der Waals surface area contributed by atoms with E-state index in [4.69, 9.17) is 9.47 Å². The second kappa shape index (κ2) is 8.68. The quantitative estimate of drug-likeness (QED) is 0.749. The molecule has 1 aromatic carbocycles. The molecule has 1 amide bonds. The van der Waals surface area contributed by atoms with Crippen molar-refractivity contribution >= 4 is 15.9 Å². The van der Waals surface area contributed by atoms with Crippen molar-refractivity contribution in [2.75, 3.05) is 39.4 Å². The number of aryl methyl sites for hydroxylation is 1. The van der Waals surface area contributed by atoms with E-state index in [1.807, 2.05) is 18.7 Å². The van der Waals surface area contributed by atoms with E-state index in [0.29, 0.717) is 52.2 Å². The second-order valence-corrected chi connectivity index (χ2v) is 9.15. The molecule has 2 atom stereocenters. The van der Waals surface area contributed by atoms with Crippen molar-refractivity contribution in [3.05, 3.63) is 29.8 Å². The van der Waals surface area contributed by atoms with Gasteiger partial charge in [0.2, 0.25) is 15.9 Å². The summed E-state index contributed by atoms with van der Waals surface area (Å²) in [7, 11) is -3.48. The summed E-state index contributed by atoms with van der Waals surface area (Å²) >= 11 is 0. The summed E-state index contributed by atoms with van der Waals surface area (Å²) in [5.41, 5.74) is 0.957. The van der Waals surface area contributed by atoms with Gasteiger partial charge in [-0.2, -0.15) is 4.31 Å². The van der Waals surface area contributed by atoms with Crippen LogP contribution in [0.2, 0.25) is 0 Å². The Morgan fingerprint density at radius 1 is 1.07 bits per heavy atom. The molecular formula is C19H28N2O5S. The molecule has 0 unspecified atom stereocenters. The molecule has 0 aliphatic carbocycles. The van der Waals surface area contributed by atoms with Gasteiger partial charge in [0.15, 0.2) is 0 Å². The van der Waals surface area contributed by atoms with Crippen LogP contribution < -0.4 is 0 Å². The van der Waals surface area contributed by atoms with Gasteiger partial charge >= 0.3 is 0 Å². The van der Waals surface area contributed by atoms with E-state index in [2.05, 4.69) is 0 Å². The summed E-state index contributed by atoms with van der Waals surface area (Å²) in [4.78, 5) is 14.6. The van der Waals surface area contributed by atoms with Crippen LogP contribution in [0, 0.1) is 0 Å². The van der Waals surface area contributed by atoms with Crippen LogP contribution in [0.3, 0.4) is 0 Å². The van der Waals surface area contributed by atoms with Crippen molar-refractivity contribution in [1.82, 2.24) is 9.21 Å². The molecule has 2 aliphatic rings. The van der Waals surface area contributed by atoms with Gasteiger partial charge in [-0.25, -0.2) is 8.42 Å². The minimum atomic E-state index is -3.48. The van der Waals surface area contributed by atoms with Crippen LogP contribution in [-0.2, 0) is 30.7 Å². The summed E-state index contributed by atoms with van der Waals surface area (Å²) < 4.78 is 37.6. The van der Waals surface area contributed by atoms with Gasteiger partial charge < -0.3 is 14.4 Å². The molecule has 2 fully saturated rings. The zero-order chi connectivity index (χ0) is 19.4. The van der Waals surface area contributed by atoms with Gasteiger partial charge in [-0.15, -0.1) is 0 Å². The van der Waals surface area contributed by atoms with Crippen LogP contribution in [0.5, 0.6) is 0 Å². The smallest absolute Gasteiger partial charge is 0.243 e. The number of hydrogen-bond donors (Lipinski definition) is 0. The summed E-state index contributed by atoms with van der Waals surface area (Å²) in [6.07, 6.45) is 1.12. The fourth-order valence-electron chi connectivity index (χ4n) is 3.56. The van der Waals surface area contributed by atoms with Crippen molar-refractivity contribution in [3.8, 4) is 0 Å². The Labute approximate surface area is 161 Å². The lowest BCUT2D eigenvalue weighted by molar-refractivity contribution is -0.143. The molecule has 8 heteroatoms. The zero-order valence-corrected chi connectivity index (χ0v) is 16.8. The Kier molecular flexibility index (Phi) is 6.52. The summed E-state index contributed by atoms with van der Waals surface area (Å²) in [5.74, 6) is 0.113. The van der Waals surface area contributed by atoms with Crippen LogP contribution >= 0.6 is 0 Å². The Balaban J connectivity index is 1.57. The van der Waals surface area contributed by atoms with Gasteiger partial charge in [0, 0.05) is 32.6 Å². The van der Waals surface area contributed by atoms with E-state index in [1.165, 1.54) is 4.31 Å². The highest BCUT2D eigenvalue weighted by Crippen LogP contribution is 2.19. The third-order valence-corrected chi connectivity index (χ3v) is 6.84. The fraction of sp³-hybridized carbons (Fsp3) is 0.632. The van der Waals surface area contributed by atoms with Gasteiger partial charge in [-0.3, -0.25) is 4.79 Å². The molecule has 1 aromatic rings. The molecule has 0 saturated carbocycles. The van der Waals surface area contributed by atoms with Crippen molar-refractivity contribution < 1.29 is 22.7 Å². The Bertz CT molecular complexity index is 734. The van der Waals surface area contributed by atoms with Crippen molar-refractivity contribution in [2.24, 2.45) is 0 Å². The average molecular weight is 397 g/mol. The first-order chi connectivity index (χ1) is 12.9. The van der Waals surface area contributed by atoms with Crippen molar-refractivity contribution in [3.63, 3.8) is 0 Å². The van der Waals surface area contributed by atoms with Crippen molar-refractivity contribution in [1.29, 1.82) is 0 Å². The molecule has 0 spiro atoms. The number of sulfonamides is 1. The molecule has 3 rings (SSSR count). The predicted molar refractivity (Wildman–Crippen MR) is 101 cm³/mol. The van der Waals surface area contributed by atoms with Crippen LogP contribution in [0.1, 0.15) is 25.8 Å². The Morgan fingerprint density at radius 3 is 2.26 bits per heavy atom. The monoisotopic (exact) mass is 396 g/mol. The highest BCUT2D eigenvalue weighted by molar-refractivity contribution is 7.89. The number of carbonyl (C=O) groups excluding carboxylic acids is 1. The van der Waals surface area contributed by atoms with Gasteiger partial charge in [0.1, 0.15) is 0 Å². The number of amides is 1. The third-order valence-electron chi connectivity index (χ3n) is 4.93. The largest absolute Gasteiger partial charge is 0.379 e. The first-order valence-electron chi connectivity index (χ1n) is 9.46. The molecule has 2 aliphatic heterocycles. The molecule has 27 heavy (non-hydrogen) atoms. The molecule has 150 valence electrons. The number of benzene rings is 1. The topological polar surface area (TPSA) is 76.2 Å². The SMILES string of the molecule is C[C@@H]1CN(C(=O)CCc2ccc(S(=O)(=O)N3CCOCC3)cc2)C[C@@H](C)O1. The van der Waals surface area contributed by atoms with E-state index in [1.54, 1.807) is 24.3 Å². The lowest BCUT2D eigenvalue weighted by Crippen LogP contribution is -2.48. The first kappa shape index (κ1) is 20.3. The summed E-state index contributed by atoms with van der Waals surface area (Å²) in [5, 5.41) is 0. The number of carbonyl (C=O) groups is 1. The number of ether oxygens (including phenoxy) is 2. The highest BCUT2D eigenvalue weighted by Gasteiger charge is 2.27. The van der Waals surface area contributed by atoms with E-state index < -0.39 is 10.0 Å². The maximum atomic E-state index is 12.6. The van der Waals surface area contributed by atoms with Crippen LogP contribution in [-0.4, -0.2) is 75.1 Å². The Morgan fingerprint density at radius 2 is 1.67 bits per heavy atom. The zero-order valence-electron chi connectivity index (χ0n) is 16.0. The normalized spacial score (nSPS) is 24.7. The maximum Gasteiger partial charge on any atom is 0.243 e. The van der Waals surface area contributed by atoms with E-state index in [-0.39, 0.29) is 23.0 Å². The molecule has 0 N–H and O–H groups in total. The minimum Gasteiger partial charge on any atom is -0.379 e. The number of rotatable bonds is 5. The average Bonchev–Trinajstić information content (AvgIpc) is 2.66. The van der Waals surface area contributed by atoms with Gasteiger partial charge in [0.25, 0.3) is 0 Å². The summed E-state index contributed by atoms with van der Waals surface area (Å²) in [6, 6.07) is 6.85. The number of morpholine rings is 2. The van der Waals surface area contributed by atoms with Gasteiger partial charge in [-0.05, 0) is 38.0 Å². The lowest BCUT2D eigenvalue weighted by atomic mass is 10.1. The first-order valence-corrected chi connectivity index (χ1v) is 10.9. The predicted octanol–water partition coefficient (Wildman–Crippen LogP) is 1.28. The van der Waals surface area contributed by atoms with Gasteiger partial charge in [-0.1, -0.05) is 12.1 Å². The fourth-order valence-corrected chi connectivity index (χ4v) is 4.96. The van der Waals surface area contributed by atoms with Crippen molar-refractivity contribution in [2.45, 2.75) is 43.8 Å². The van der Waals surface area contributed by atoms with Crippen LogP contribution in [0.15, 0.2) is 29.2 Å². The molecule has 2 saturated heterocycles. The van der Waals surface area contributed by atoms with Crippen LogP contribution in [0.25, 0.3) is 0 Å². The maximum absolute atomic E-state index is 12.6. The molecule has 0 bridgehead atoms. The number of nitrogens with zero attached hydrogens (tertiary/aromatic N) is 2. The molecule has 0 aromatic heterocycles. The molecular weight excluding hydrogens is 368 g/mol. The van der Waals surface area contributed by atoms with E-state index in [9.17, 15) is 13.2 Å². The van der Waals surface area contributed by atoms with E-state index in [0.717, 1.165) is 5.56 Å². The standard InChI is InChI=1S/C19H28N2O5S/c1-15-13-20(14-16(2)26-15)19(22)8-5-17-3-6-18(7-4-17)27(23,24)21-9-11-25-12-10-21/h3-4,6-7,15-16H,5,8-14H2,1-2H3/t15-,16-/m1/s1. The lowest BCUT2D eigenvalue weighted by Gasteiger charge is -2.35. The van der Waals surface area contributed by atoms with Gasteiger partial charge in [0.05, 0.1) is 30.3 Å². The van der Waals surface area contributed by atoms with Crippen LogP contribution in [0.4, 0.5) is 0 Å². The summed E-state index contributed by atoms with van der Waals surface area (Å²) in [6.45, 7) is 6.83.